The Kier molecular flexibility index (Phi) is 2.95. The van der Waals surface area contributed by atoms with E-state index in [1.165, 1.54) is 0 Å². The molecule has 1 unspecified atom stereocenters. The van der Waals surface area contributed by atoms with Gasteiger partial charge < -0.3 is 14.4 Å². The van der Waals surface area contributed by atoms with Crippen molar-refractivity contribution in [2.24, 2.45) is 0 Å². The summed E-state index contributed by atoms with van der Waals surface area (Å²) in [6, 6.07) is 0. The van der Waals surface area contributed by atoms with Crippen molar-refractivity contribution in [2.75, 3.05) is 26.3 Å². The third-order valence-corrected chi connectivity index (χ3v) is 2.78. The molecule has 2 aliphatic heterocycles. The zero-order valence-corrected chi connectivity index (χ0v) is 9.28. The molecule has 84 valence electrons. The first-order valence-electron chi connectivity index (χ1n) is 5.42. The smallest absolute Gasteiger partial charge is 0.186 e. The standard InChI is InChI=1S/C11H17NO3/c1-8-7-10(13)11(9(2)15-8)12-3-5-14-6-4-12/h8H,3-7H2,1-2H3. The quantitative estimate of drug-likeness (QED) is 0.646. The first-order valence-corrected chi connectivity index (χ1v) is 5.42. The molecule has 0 radical (unpaired) electrons. The van der Waals surface area contributed by atoms with E-state index in [0.29, 0.717) is 19.6 Å². The molecule has 0 aromatic rings. The van der Waals surface area contributed by atoms with Crippen molar-refractivity contribution < 1.29 is 14.3 Å². The van der Waals surface area contributed by atoms with E-state index in [0.717, 1.165) is 24.5 Å². The Bertz CT molecular complexity index is 292. The minimum atomic E-state index is 0.0160. The number of rotatable bonds is 1. The molecule has 0 bridgehead atoms. The van der Waals surface area contributed by atoms with Gasteiger partial charge in [-0.15, -0.1) is 0 Å². The Labute approximate surface area is 89.8 Å². The van der Waals surface area contributed by atoms with Crippen LogP contribution in [0.2, 0.25) is 0 Å². The molecule has 2 heterocycles. The van der Waals surface area contributed by atoms with Crippen LogP contribution in [0.25, 0.3) is 0 Å². The van der Waals surface area contributed by atoms with Crippen LogP contribution in [0.15, 0.2) is 11.5 Å². The predicted octanol–water partition coefficient (Wildman–Crippen LogP) is 0.928. The van der Waals surface area contributed by atoms with Gasteiger partial charge in [0.2, 0.25) is 0 Å². The summed E-state index contributed by atoms with van der Waals surface area (Å²) in [5, 5.41) is 0. The Balaban J connectivity index is 2.17. The SMILES string of the molecule is CC1=C(N2CCOCC2)C(=O)CC(C)O1. The van der Waals surface area contributed by atoms with Crippen LogP contribution in [0.3, 0.4) is 0 Å². The maximum absolute atomic E-state index is 11.9. The lowest BCUT2D eigenvalue weighted by molar-refractivity contribution is -0.122. The summed E-state index contributed by atoms with van der Waals surface area (Å²) in [5.41, 5.74) is 0.761. The van der Waals surface area contributed by atoms with E-state index in [1.807, 2.05) is 13.8 Å². The molecule has 0 aromatic heterocycles. The van der Waals surface area contributed by atoms with Gasteiger partial charge in [0.25, 0.3) is 0 Å². The van der Waals surface area contributed by atoms with Gasteiger partial charge in [-0.1, -0.05) is 0 Å². The van der Waals surface area contributed by atoms with Gasteiger partial charge in [-0.05, 0) is 13.8 Å². The Morgan fingerprint density at radius 2 is 2.00 bits per heavy atom. The van der Waals surface area contributed by atoms with Crippen molar-refractivity contribution in [3.05, 3.63) is 11.5 Å². The van der Waals surface area contributed by atoms with Crippen LogP contribution in [-0.2, 0) is 14.3 Å². The minimum Gasteiger partial charge on any atom is -0.493 e. The third-order valence-electron chi connectivity index (χ3n) is 2.78. The fourth-order valence-corrected chi connectivity index (χ4v) is 2.14. The molecule has 0 N–H and O–H groups in total. The van der Waals surface area contributed by atoms with Crippen molar-refractivity contribution >= 4 is 5.78 Å². The maximum Gasteiger partial charge on any atom is 0.186 e. The highest BCUT2D eigenvalue weighted by Crippen LogP contribution is 2.23. The van der Waals surface area contributed by atoms with Gasteiger partial charge in [-0.2, -0.15) is 0 Å². The van der Waals surface area contributed by atoms with Crippen LogP contribution in [0.4, 0.5) is 0 Å². The number of carbonyl (C=O) groups excluding carboxylic acids is 1. The number of allylic oxidation sites excluding steroid dienone is 2. The lowest BCUT2D eigenvalue weighted by atomic mass is 10.1. The molecule has 1 atom stereocenters. The summed E-state index contributed by atoms with van der Waals surface area (Å²) in [6.07, 6.45) is 0.506. The molecule has 4 heteroatoms. The van der Waals surface area contributed by atoms with Gasteiger partial charge >= 0.3 is 0 Å². The number of nitrogens with zero attached hydrogens (tertiary/aromatic N) is 1. The summed E-state index contributed by atoms with van der Waals surface area (Å²) in [7, 11) is 0. The van der Waals surface area contributed by atoms with Gasteiger partial charge in [-0.25, -0.2) is 0 Å². The highest BCUT2D eigenvalue weighted by atomic mass is 16.5. The molecule has 1 fully saturated rings. The Morgan fingerprint density at radius 1 is 1.33 bits per heavy atom. The van der Waals surface area contributed by atoms with Crippen LogP contribution in [-0.4, -0.2) is 43.1 Å². The van der Waals surface area contributed by atoms with E-state index in [1.54, 1.807) is 0 Å². The predicted molar refractivity (Wildman–Crippen MR) is 55.3 cm³/mol. The Morgan fingerprint density at radius 3 is 2.60 bits per heavy atom. The largest absolute Gasteiger partial charge is 0.493 e. The molecule has 0 amide bonds. The summed E-state index contributed by atoms with van der Waals surface area (Å²) < 4.78 is 10.9. The maximum atomic E-state index is 11.9. The number of hydrogen-bond donors (Lipinski definition) is 0. The number of hydrogen-bond acceptors (Lipinski definition) is 4. The molecule has 2 aliphatic rings. The van der Waals surface area contributed by atoms with Gasteiger partial charge in [0.05, 0.1) is 13.2 Å². The first-order chi connectivity index (χ1) is 7.18. The molecule has 2 rings (SSSR count). The van der Waals surface area contributed by atoms with Gasteiger partial charge in [0.15, 0.2) is 5.78 Å². The fourth-order valence-electron chi connectivity index (χ4n) is 2.14. The average Bonchev–Trinajstić information content (AvgIpc) is 2.17. The van der Waals surface area contributed by atoms with E-state index < -0.39 is 0 Å². The van der Waals surface area contributed by atoms with Crippen molar-refractivity contribution in [3.8, 4) is 0 Å². The Hall–Kier alpha value is -1.03. The van der Waals surface area contributed by atoms with E-state index in [4.69, 9.17) is 9.47 Å². The molecule has 4 nitrogen and oxygen atoms in total. The average molecular weight is 211 g/mol. The highest BCUT2D eigenvalue weighted by molar-refractivity contribution is 5.96. The molecule has 0 saturated carbocycles. The molecule has 0 aromatic carbocycles. The fraction of sp³-hybridized carbons (Fsp3) is 0.727. The molecule has 0 aliphatic carbocycles. The van der Waals surface area contributed by atoms with E-state index >= 15 is 0 Å². The summed E-state index contributed by atoms with van der Waals surface area (Å²) in [4.78, 5) is 14.0. The van der Waals surface area contributed by atoms with Crippen molar-refractivity contribution in [1.29, 1.82) is 0 Å². The summed E-state index contributed by atoms with van der Waals surface area (Å²) in [5.74, 6) is 0.966. The minimum absolute atomic E-state index is 0.0160. The third kappa shape index (κ3) is 2.15. The lowest BCUT2D eigenvalue weighted by Crippen LogP contribution is -2.41. The monoisotopic (exact) mass is 211 g/mol. The topological polar surface area (TPSA) is 38.8 Å². The molecule has 15 heavy (non-hydrogen) atoms. The van der Waals surface area contributed by atoms with E-state index in [2.05, 4.69) is 4.90 Å². The van der Waals surface area contributed by atoms with Crippen LogP contribution < -0.4 is 0 Å². The normalized spacial score (nSPS) is 28.0. The molecular weight excluding hydrogens is 194 g/mol. The summed E-state index contributed by atoms with van der Waals surface area (Å²) in [6.45, 7) is 6.77. The second kappa shape index (κ2) is 4.23. The van der Waals surface area contributed by atoms with Crippen molar-refractivity contribution in [2.45, 2.75) is 26.4 Å². The highest BCUT2D eigenvalue weighted by Gasteiger charge is 2.29. The number of carbonyl (C=O) groups is 1. The van der Waals surface area contributed by atoms with Crippen molar-refractivity contribution in [3.63, 3.8) is 0 Å². The molecular formula is C11H17NO3. The lowest BCUT2D eigenvalue weighted by Gasteiger charge is -2.34. The van der Waals surface area contributed by atoms with Crippen molar-refractivity contribution in [1.82, 2.24) is 4.90 Å². The van der Waals surface area contributed by atoms with Gasteiger partial charge in [0, 0.05) is 19.5 Å². The number of ether oxygens (including phenoxy) is 2. The summed E-state index contributed by atoms with van der Waals surface area (Å²) >= 11 is 0. The number of ketones is 1. The van der Waals surface area contributed by atoms with Crippen LogP contribution in [0.1, 0.15) is 20.3 Å². The van der Waals surface area contributed by atoms with Crippen LogP contribution >= 0.6 is 0 Å². The molecule has 1 saturated heterocycles. The van der Waals surface area contributed by atoms with Crippen LogP contribution in [0.5, 0.6) is 0 Å². The molecule has 0 spiro atoms. The van der Waals surface area contributed by atoms with E-state index in [-0.39, 0.29) is 11.9 Å². The number of morpholine rings is 1. The number of Topliss-reactive ketones (excluding diaryl/α,β-unsaturated/α-hetero) is 1. The van der Waals surface area contributed by atoms with Crippen LogP contribution in [0, 0.1) is 0 Å². The second-order valence-corrected chi connectivity index (χ2v) is 4.06. The van der Waals surface area contributed by atoms with Gasteiger partial charge in [0.1, 0.15) is 17.6 Å². The first kappa shape index (κ1) is 10.5. The van der Waals surface area contributed by atoms with Gasteiger partial charge in [-0.3, -0.25) is 4.79 Å². The second-order valence-electron chi connectivity index (χ2n) is 4.06. The van der Waals surface area contributed by atoms with E-state index in [9.17, 15) is 4.79 Å². The zero-order valence-electron chi connectivity index (χ0n) is 9.28. The zero-order chi connectivity index (χ0) is 10.8.